The standard InChI is InChI=1S/C26H40FN7O/c1-3-34-15-9-12-21(34)18-29-25-31-24(28-17-19-10-7-5-4-6-8-11-19)32-26(33-25)30-20-13-14-23(35-2)22(27)16-20/h13-14,16,19,21H,3-12,15,17-18H2,1-2H3,(H3,28,29,30,31,32,33). The normalized spacial score (nSPS) is 19.7. The summed E-state index contributed by atoms with van der Waals surface area (Å²) in [5.74, 6) is 1.85. The van der Waals surface area contributed by atoms with E-state index in [2.05, 4.69) is 42.7 Å². The molecule has 0 radical (unpaired) electrons. The Morgan fingerprint density at radius 1 is 0.914 bits per heavy atom. The van der Waals surface area contributed by atoms with E-state index in [1.54, 1.807) is 12.1 Å². The van der Waals surface area contributed by atoms with E-state index in [9.17, 15) is 4.39 Å². The third-order valence-electron chi connectivity index (χ3n) is 7.22. The highest BCUT2D eigenvalue weighted by molar-refractivity contribution is 5.57. The Balaban J connectivity index is 1.47. The third-order valence-corrected chi connectivity index (χ3v) is 7.22. The molecule has 2 fully saturated rings. The lowest BCUT2D eigenvalue weighted by Gasteiger charge is -2.23. The second-order valence-corrected chi connectivity index (χ2v) is 9.68. The molecule has 1 atom stereocenters. The molecule has 0 spiro atoms. The fourth-order valence-electron chi connectivity index (χ4n) is 5.20. The SMILES string of the molecule is CCN1CCCC1CNc1nc(NCC2CCCCCCC2)nc(Nc2ccc(OC)c(F)c2)n1. The minimum absolute atomic E-state index is 0.201. The van der Waals surface area contributed by atoms with Gasteiger partial charge in [-0.05, 0) is 56.8 Å². The van der Waals surface area contributed by atoms with E-state index in [1.165, 1.54) is 71.0 Å². The minimum atomic E-state index is -0.437. The van der Waals surface area contributed by atoms with Crippen LogP contribution in [0, 0.1) is 11.7 Å². The number of ether oxygens (including phenoxy) is 1. The highest BCUT2D eigenvalue weighted by Crippen LogP contribution is 2.25. The van der Waals surface area contributed by atoms with Gasteiger partial charge in [0.2, 0.25) is 17.8 Å². The molecule has 1 aliphatic heterocycles. The van der Waals surface area contributed by atoms with Crippen LogP contribution < -0.4 is 20.7 Å². The second-order valence-electron chi connectivity index (χ2n) is 9.68. The van der Waals surface area contributed by atoms with Gasteiger partial charge in [0.15, 0.2) is 11.6 Å². The quantitative estimate of drug-likeness (QED) is 0.411. The summed E-state index contributed by atoms with van der Waals surface area (Å²) < 4.78 is 19.2. The number of aromatic nitrogens is 3. The maximum Gasteiger partial charge on any atom is 0.233 e. The Morgan fingerprint density at radius 2 is 1.60 bits per heavy atom. The first-order valence-electron chi connectivity index (χ1n) is 13.2. The molecule has 8 nitrogen and oxygen atoms in total. The van der Waals surface area contributed by atoms with Crippen molar-refractivity contribution < 1.29 is 9.13 Å². The van der Waals surface area contributed by atoms with Gasteiger partial charge in [0.05, 0.1) is 7.11 Å². The molecule has 2 heterocycles. The summed E-state index contributed by atoms with van der Waals surface area (Å²) in [6, 6.07) is 5.20. The number of rotatable bonds is 10. The van der Waals surface area contributed by atoms with E-state index in [0.717, 1.165) is 26.2 Å². The van der Waals surface area contributed by atoms with E-state index in [4.69, 9.17) is 4.74 Å². The zero-order chi connectivity index (χ0) is 24.5. The lowest BCUT2D eigenvalue weighted by atomic mass is 9.91. The Kier molecular flexibility index (Phi) is 9.34. The van der Waals surface area contributed by atoms with Crippen LogP contribution in [0.25, 0.3) is 0 Å². The van der Waals surface area contributed by atoms with Gasteiger partial charge in [0.25, 0.3) is 0 Å². The zero-order valence-electron chi connectivity index (χ0n) is 21.2. The zero-order valence-corrected chi connectivity index (χ0v) is 21.2. The summed E-state index contributed by atoms with van der Waals surface area (Å²) >= 11 is 0. The second kappa shape index (κ2) is 12.9. The van der Waals surface area contributed by atoms with E-state index in [1.807, 2.05) is 0 Å². The minimum Gasteiger partial charge on any atom is -0.494 e. The summed E-state index contributed by atoms with van der Waals surface area (Å²) in [7, 11) is 1.45. The van der Waals surface area contributed by atoms with E-state index in [0.29, 0.717) is 35.5 Å². The Bertz CT molecular complexity index is 936. The van der Waals surface area contributed by atoms with Gasteiger partial charge < -0.3 is 20.7 Å². The first-order chi connectivity index (χ1) is 17.1. The molecule has 1 aromatic heterocycles. The van der Waals surface area contributed by atoms with Gasteiger partial charge in [-0.15, -0.1) is 0 Å². The van der Waals surface area contributed by atoms with E-state index in [-0.39, 0.29) is 5.75 Å². The van der Waals surface area contributed by atoms with Crippen LogP contribution in [0.4, 0.5) is 27.9 Å². The van der Waals surface area contributed by atoms with Crippen LogP contribution in [0.2, 0.25) is 0 Å². The summed E-state index contributed by atoms with van der Waals surface area (Å²) in [5.41, 5.74) is 0.555. The predicted molar refractivity (Wildman–Crippen MR) is 139 cm³/mol. The highest BCUT2D eigenvalue weighted by Gasteiger charge is 2.23. The molecular weight excluding hydrogens is 445 g/mol. The van der Waals surface area contributed by atoms with Crippen LogP contribution in [-0.4, -0.2) is 59.2 Å². The Morgan fingerprint density at radius 3 is 2.29 bits per heavy atom. The highest BCUT2D eigenvalue weighted by atomic mass is 19.1. The van der Waals surface area contributed by atoms with Crippen LogP contribution in [0.15, 0.2) is 18.2 Å². The van der Waals surface area contributed by atoms with Crippen LogP contribution in [0.3, 0.4) is 0 Å². The summed E-state index contributed by atoms with van der Waals surface area (Å²) in [6.07, 6.45) is 11.5. The maximum atomic E-state index is 14.2. The summed E-state index contributed by atoms with van der Waals surface area (Å²) in [5, 5.41) is 10.0. The van der Waals surface area contributed by atoms with Gasteiger partial charge in [0.1, 0.15) is 0 Å². The number of nitrogens with one attached hydrogen (secondary N) is 3. The molecule has 4 rings (SSSR count). The number of halogens is 1. The average Bonchev–Trinajstić information content (AvgIpc) is 3.30. The molecule has 3 N–H and O–H groups in total. The number of benzene rings is 1. The molecule has 2 aromatic rings. The van der Waals surface area contributed by atoms with Gasteiger partial charge in [-0.2, -0.15) is 15.0 Å². The number of hydrogen-bond donors (Lipinski definition) is 3. The van der Waals surface area contributed by atoms with Crippen molar-refractivity contribution in [3.63, 3.8) is 0 Å². The molecule has 35 heavy (non-hydrogen) atoms. The van der Waals surface area contributed by atoms with Crippen molar-refractivity contribution in [2.24, 2.45) is 5.92 Å². The molecule has 9 heteroatoms. The largest absolute Gasteiger partial charge is 0.494 e. The lowest BCUT2D eigenvalue weighted by Crippen LogP contribution is -2.35. The molecule has 1 aromatic carbocycles. The fourth-order valence-corrected chi connectivity index (χ4v) is 5.20. The first kappa shape index (κ1) is 25.4. The number of likely N-dealkylation sites (tertiary alicyclic amines) is 1. The van der Waals surface area contributed by atoms with Crippen LogP contribution in [0.1, 0.15) is 64.7 Å². The van der Waals surface area contributed by atoms with Crippen molar-refractivity contribution in [1.29, 1.82) is 0 Å². The summed E-state index contributed by atoms with van der Waals surface area (Å²) in [6.45, 7) is 6.04. The van der Waals surface area contributed by atoms with Gasteiger partial charge in [0, 0.05) is 30.9 Å². The van der Waals surface area contributed by atoms with Gasteiger partial charge in [-0.25, -0.2) is 4.39 Å². The topological polar surface area (TPSA) is 87.2 Å². The smallest absolute Gasteiger partial charge is 0.233 e. The molecule has 1 unspecified atom stereocenters. The average molecular weight is 486 g/mol. The Hall–Kier alpha value is -2.68. The van der Waals surface area contributed by atoms with Crippen LogP contribution >= 0.6 is 0 Å². The molecule has 2 aliphatic rings. The van der Waals surface area contributed by atoms with Crippen molar-refractivity contribution in [1.82, 2.24) is 19.9 Å². The fraction of sp³-hybridized carbons (Fsp3) is 0.654. The van der Waals surface area contributed by atoms with Gasteiger partial charge >= 0.3 is 0 Å². The van der Waals surface area contributed by atoms with Crippen LogP contribution in [-0.2, 0) is 0 Å². The first-order valence-corrected chi connectivity index (χ1v) is 13.2. The number of methoxy groups -OCH3 is 1. The van der Waals surface area contributed by atoms with E-state index < -0.39 is 5.82 Å². The number of hydrogen-bond acceptors (Lipinski definition) is 8. The van der Waals surface area contributed by atoms with Crippen molar-refractivity contribution in [3.05, 3.63) is 24.0 Å². The molecular formula is C26H40FN7O. The monoisotopic (exact) mass is 485 g/mol. The molecule has 1 saturated heterocycles. The molecule has 1 aliphatic carbocycles. The predicted octanol–water partition coefficient (Wildman–Crippen LogP) is 5.43. The third kappa shape index (κ3) is 7.40. The maximum absolute atomic E-state index is 14.2. The molecule has 0 bridgehead atoms. The number of anilines is 4. The molecule has 0 amide bonds. The number of nitrogens with zero attached hydrogens (tertiary/aromatic N) is 4. The van der Waals surface area contributed by atoms with Crippen molar-refractivity contribution in [2.75, 3.05) is 49.2 Å². The van der Waals surface area contributed by atoms with Gasteiger partial charge in [-0.3, -0.25) is 4.90 Å². The van der Waals surface area contributed by atoms with Gasteiger partial charge in [-0.1, -0.05) is 39.0 Å². The van der Waals surface area contributed by atoms with Crippen molar-refractivity contribution in [3.8, 4) is 5.75 Å². The van der Waals surface area contributed by atoms with Crippen LogP contribution in [0.5, 0.6) is 5.75 Å². The van der Waals surface area contributed by atoms with Crippen molar-refractivity contribution in [2.45, 2.75) is 70.8 Å². The summed E-state index contributed by atoms with van der Waals surface area (Å²) in [4.78, 5) is 16.3. The van der Waals surface area contributed by atoms with Crippen molar-refractivity contribution >= 4 is 23.5 Å². The van der Waals surface area contributed by atoms with E-state index >= 15 is 0 Å². The Labute approximate surface area is 208 Å². The molecule has 1 saturated carbocycles. The molecule has 192 valence electrons. The lowest BCUT2D eigenvalue weighted by molar-refractivity contribution is 0.277. The number of likely N-dealkylation sites (N-methyl/N-ethyl adjacent to an activating group) is 1.